The number of sulfonamides is 1. The van der Waals surface area contributed by atoms with Gasteiger partial charge in [-0.1, -0.05) is 6.07 Å². The third kappa shape index (κ3) is 5.17. The first kappa shape index (κ1) is 20.2. The van der Waals surface area contributed by atoms with Crippen molar-refractivity contribution in [3.8, 4) is 0 Å². The predicted molar refractivity (Wildman–Crippen MR) is 97.3 cm³/mol. The first-order valence-corrected chi connectivity index (χ1v) is 9.84. The lowest BCUT2D eigenvalue weighted by molar-refractivity contribution is 0.0802. The number of rotatable bonds is 9. The Morgan fingerprint density at radius 1 is 1.31 bits per heavy atom. The van der Waals surface area contributed by atoms with Crippen molar-refractivity contribution in [3.05, 3.63) is 54.0 Å². The Hall–Kier alpha value is -2.16. The standard InChI is InChI=1S/C18H24N2O5S/c1-3-20(2)18(22)15-6-4-8-17(11-15)26(23,24)19-12-14(13-21)10-16-7-5-9-25-16/h4-9,11,14,19,21H,3,10,12-13H2,1-2H3/t14-/m0/s1. The molecule has 0 radical (unpaired) electrons. The van der Waals surface area contributed by atoms with Gasteiger partial charge in [-0.25, -0.2) is 13.1 Å². The average Bonchev–Trinajstić information content (AvgIpc) is 3.17. The minimum Gasteiger partial charge on any atom is -0.469 e. The molecule has 2 aromatic rings. The van der Waals surface area contributed by atoms with E-state index in [0.29, 0.717) is 24.3 Å². The number of carbonyl (C=O) groups is 1. The second kappa shape index (κ2) is 8.98. The maximum Gasteiger partial charge on any atom is 0.253 e. The molecule has 0 saturated carbocycles. The summed E-state index contributed by atoms with van der Waals surface area (Å²) >= 11 is 0. The fourth-order valence-electron chi connectivity index (χ4n) is 2.39. The van der Waals surface area contributed by atoms with Crippen LogP contribution in [0.2, 0.25) is 0 Å². The van der Waals surface area contributed by atoms with Crippen molar-refractivity contribution in [1.29, 1.82) is 0 Å². The zero-order valence-corrected chi connectivity index (χ0v) is 15.7. The molecule has 0 fully saturated rings. The average molecular weight is 380 g/mol. The smallest absolute Gasteiger partial charge is 0.253 e. The Labute approximate surface area is 153 Å². The van der Waals surface area contributed by atoms with Crippen LogP contribution in [0.3, 0.4) is 0 Å². The first-order chi connectivity index (χ1) is 12.4. The van der Waals surface area contributed by atoms with Gasteiger partial charge in [0.15, 0.2) is 0 Å². The molecule has 1 atom stereocenters. The molecule has 0 aliphatic rings. The minimum absolute atomic E-state index is 0.0162. The van der Waals surface area contributed by atoms with Crippen LogP contribution in [0.5, 0.6) is 0 Å². The van der Waals surface area contributed by atoms with Crippen LogP contribution in [0.25, 0.3) is 0 Å². The molecule has 2 N–H and O–H groups in total. The zero-order chi connectivity index (χ0) is 19.2. The number of nitrogens with one attached hydrogen (secondary N) is 1. The number of hydrogen-bond acceptors (Lipinski definition) is 5. The van der Waals surface area contributed by atoms with E-state index < -0.39 is 10.0 Å². The lowest BCUT2D eigenvalue weighted by atomic mass is 10.1. The monoisotopic (exact) mass is 380 g/mol. The molecule has 1 aromatic heterocycles. The minimum atomic E-state index is -3.80. The maximum atomic E-state index is 12.5. The molecular formula is C18H24N2O5S. The number of carbonyl (C=O) groups excluding carboxylic acids is 1. The molecule has 0 spiro atoms. The SMILES string of the molecule is CCN(C)C(=O)c1cccc(S(=O)(=O)NC[C@@H](CO)Cc2ccco2)c1. The highest BCUT2D eigenvalue weighted by Gasteiger charge is 2.20. The van der Waals surface area contributed by atoms with Gasteiger partial charge in [0.1, 0.15) is 5.76 Å². The van der Waals surface area contributed by atoms with Crippen molar-refractivity contribution in [3.63, 3.8) is 0 Å². The van der Waals surface area contributed by atoms with Gasteiger partial charge in [0.2, 0.25) is 10.0 Å². The molecule has 2 rings (SSSR count). The van der Waals surface area contributed by atoms with Gasteiger partial charge in [-0.05, 0) is 37.3 Å². The molecule has 1 aromatic carbocycles. The largest absolute Gasteiger partial charge is 0.469 e. The normalized spacial score (nSPS) is 12.7. The summed E-state index contributed by atoms with van der Waals surface area (Å²) in [7, 11) is -2.14. The molecule has 1 amide bonds. The van der Waals surface area contributed by atoms with E-state index in [9.17, 15) is 18.3 Å². The summed E-state index contributed by atoms with van der Waals surface area (Å²) in [5.74, 6) is 0.126. The molecule has 26 heavy (non-hydrogen) atoms. The number of aliphatic hydroxyl groups is 1. The summed E-state index contributed by atoms with van der Waals surface area (Å²) in [6, 6.07) is 9.43. The third-order valence-corrected chi connectivity index (χ3v) is 5.52. The molecule has 7 nitrogen and oxygen atoms in total. The van der Waals surface area contributed by atoms with E-state index in [1.54, 1.807) is 25.2 Å². The van der Waals surface area contributed by atoms with E-state index in [-0.39, 0.29) is 29.9 Å². The van der Waals surface area contributed by atoms with Crippen LogP contribution in [0.1, 0.15) is 23.0 Å². The highest BCUT2D eigenvalue weighted by atomic mass is 32.2. The van der Waals surface area contributed by atoms with Gasteiger partial charge in [-0.15, -0.1) is 0 Å². The van der Waals surface area contributed by atoms with Crippen LogP contribution in [0.4, 0.5) is 0 Å². The van der Waals surface area contributed by atoms with Gasteiger partial charge in [-0.2, -0.15) is 0 Å². The van der Waals surface area contributed by atoms with Gasteiger partial charge in [-0.3, -0.25) is 4.79 Å². The lowest BCUT2D eigenvalue weighted by Gasteiger charge is -2.16. The number of hydrogen-bond donors (Lipinski definition) is 2. The van der Waals surface area contributed by atoms with E-state index in [4.69, 9.17) is 4.42 Å². The topological polar surface area (TPSA) is 99.9 Å². The van der Waals surface area contributed by atoms with Crippen LogP contribution in [0.15, 0.2) is 52.0 Å². The van der Waals surface area contributed by atoms with Gasteiger partial charge < -0.3 is 14.4 Å². The molecule has 0 aliphatic heterocycles. The second-order valence-electron chi connectivity index (χ2n) is 6.03. The fourth-order valence-corrected chi connectivity index (χ4v) is 3.55. The lowest BCUT2D eigenvalue weighted by Crippen LogP contribution is -2.32. The van der Waals surface area contributed by atoms with Crippen molar-refractivity contribution < 1.29 is 22.7 Å². The van der Waals surface area contributed by atoms with E-state index in [1.807, 2.05) is 6.92 Å². The fraction of sp³-hybridized carbons (Fsp3) is 0.389. The molecule has 0 unspecified atom stereocenters. The van der Waals surface area contributed by atoms with Gasteiger partial charge >= 0.3 is 0 Å². The highest BCUT2D eigenvalue weighted by Crippen LogP contribution is 2.14. The third-order valence-electron chi connectivity index (χ3n) is 4.10. The molecule has 0 saturated heterocycles. The predicted octanol–water partition coefficient (Wildman–Crippen LogP) is 1.50. The van der Waals surface area contributed by atoms with Crippen LogP contribution in [0, 0.1) is 5.92 Å². The highest BCUT2D eigenvalue weighted by molar-refractivity contribution is 7.89. The van der Waals surface area contributed by atoms with Crippen LogP contribution in [-0.4, -0.2) is 51.1 Å². The summed E-state index contributed by atoms with van der Waals surface area (Å²) in [6.07, 6.45) is 1.95. The van der Waals surface area contributed by atoms with Crippen molar-refractivity contribution >= 4 is 15.9 Å². The zero-order valence-electron chi connectivity index (χ0n) is 14.9. The number of nitrogens with zero attached hydrogens (tertiary/aromatic N) is 1. The number of benzene rings is 1. The van der Waals surface area contributed by atoms with Gasteiger partial charge in [0, 0.05) is 44.6 Å². The van der Waals surface area contributed by atoms with Crippen molar-refractivity contribution in [2.24, 2.45) is 5.92 Å². The quantitative estimate of drug-likeness (QED) is 0.687. The molecule has 0 aliphatic carbocycles. The van der Waals surface area contributed by atoms with Crippen LogP contribution in [-0.2, 0) is 16.4 Å². The molecule has 0 bridgehead atoms. The Bertz CT molecular complexity index is 818. The molecule has 8 heteroatoms. The number of amides is 1. The molecular weight excluding hydrogens is 356 g/mol. The van der Waals surface area contributed by atoms with Gasteiger partial charge in [0.25, 0.3) is 5.91 Å². The Balaban J connectivity index is 2.08. The van der Waals surface area contributed by atoms with Gasteiger partial charge in [0.05, 0.1) is 11.2 Å². The van der Waals surface area contributed by atoms with Crippen LogP contribution < -0.4 is 4.72 Å². The van der Waals surface area contributed by atoms with Crippen molar-refractivity contribution in [2.45, 2.75) is 18.2 Å². The Morgan fingerprint density at radius 2 is 2.08 bits per heavy atom. The number of aliphatic hydroxyl groups excluding tert-OH is 1. The summed E-state index contributed by atoms with van der Waals surface area (Å²) in [5, 5.41) is 9.47. The summed E-state index contributed by atoms with van der Waals surface area (Å²) < 4.78 is 32.8. The molecule has 1 heterocycles. The van der Waals surface area contributed by atoms with E-state index in [1.165, 1.54) is 29.4 Å². The summed E-state index contributed by atoms with van der Waals surface area (Å²) in [4.78, 5) is 13.7. The molecule has 142 valence electrons. The van der Waals surface area contributed by atoms with E-state index in [0.717, 1.165) is 0 Å². The van der Waals surface area contributed by atoms with Crippen molar-refractivity contribution in [2.75, 3.05) is 26.7 Å². The summed E-state index contributed by atoms with van der Waals surface area (Å²) in [5.41, 5.74) is 0.312. The summed E-state index contributed by atoms with van der Waals surface area (Å²) in [6.45, 7) is 2.25. The Kier molecular flexibility index (Phi) is 6.96. The number of furan rings is 1. The van der Waals surface area contributed by atoms with E-state index >= 15 is 0 Å². The van der Waals surface area contributed by atoms with E-state index in [2.05, 4.69) is 4.72 Å². The maximum absolute atomic E-state index is 12.5. The van der Waals surface area contributed by atoms with Crippen molar-refractivity contribution in [1.82, 2.24) is 9.62 Å². The Morgan fingerprint density at radius 3 is 2.69 bits per heavy atom. The van der Waals surface area contributed by atoms with Crippen LogP contribution >= 0.6 is 0 Å². The second-order valence-corrected chi connectivity index (χ2v) is 7.80. The first-order valence-electron chi connectivity index (χ1n) is 8.35.